The largest absolute Gasteiger partial charge is 0.455 e. The number of amides is 1. The maximum atomic E-state index is 13.4. The highest BCUT2D eigenvalue weighted by Gasteiger charge is 2.12. The summed E-state index contributed by atoms with van der Waals surface area (Å²) in [5.41, 5.74) is 0.432. The van der Waals surface area contributed by atoms with Gasteiger partial charge in [-0.3, -0.25) is 9.59 Å². The number of nitrogens with one attached hydrogen (secondary N) is 1. The molecule has 1 N–H and O–H groups in total. The summed E-state index contributed by atoms with van der Waals surface area (Å²) in [6.07, 6.45) is 0. The van der Waals surface area contributed by atoms with Gasteiger partial charge in [-0.2, -0.15) is 0 Å². The molecule has 0 radical (unpaired) electrons. The number of benzene rings is 3. The zero-order chi connectivity index (χ0) is 20.2. The molecule has 1 heterocycles. The normalized spacial score (nSPS) is 10.7. The molecule has 8 heteroatoms. The van der Waals surface area contributed by atoms with E-state index in [1.54, 1.807) is 54.6 Å². The second-order valence-electron chi connectivity index (χ2n) is 6.17. The molecule has 0 aliphatic carbocycles. The van der Waals surface area contributed by atoms with Crippen LogP contribution in [0.15, 0.2) is 77.6 Å². The third-order valence-corrected chi connectivity index (χ3v) is 4.11. The summed E-state index contributed by atoms with van der Waals surface area (Å²) in [7, 11) is 0. The fourth-order valence-corrected chi connectivity index (χ4v) is 2.77. The molecule has 4 aromatic rings. The Labute approximate surface area is 164 Å². The molecular weight excluding hydrogens is 375 g/mol. The Hall–Kier alpha value is -4.07. The standard InChI is InChI=1S/C21H15FN4O3/c22-14-6-5-7-15(12-14)29-19-11-4-3-10-18(19)23-20(27)13-26-21(28)16-8-1-2-9-17(16)24-25-26/h1-12H,13H2,(H,23,27). The Balaban J connectivity index is 1.53. The van der Waals surface area contributed by atoms with Gasteiger partial charge in [0.25, 0.3) is 5.56 Å². The summed E-state index contributed by atoms with van der Waals surface area (Å²) < 4.78 is 20.0. The van der Waals surface area contributed by atoms with Crippen LogP contribution in [0.1, 0.15) is 0 Å². The average Bonchev–Trinajstić information content (AvgIpc) is 2.72. The smallest absolute Gasteiger partial charge is 0.278 e. The quantitative estimate of drug-likeness (QED) is 0.565. The van der Waals surface area contributed by atoms with Gasteiger partial charge >= 0.3 is 0 Å². The van der Waals surface area contributed by atoms with Crippen LogP contribution in [0.4, 0.5) is 10.1 Å². The van der Waals surface area contributed by atoms with E-state index in [0.29, 0.717) is 28.1 Å². The van der Waals surface area contributed by atoms with Crippen LogP contribution < -0.4 is 15.6 Å². The van der Waals surface area contributed by atoms with Crippen molar-refractivity contribution in [3.05, 3.63) is 89.0 Å². The first kappa shape index (κ1) is 18.3. The van der Waals surface area contributed by atoms with Gasteiger partial charge in [0, 0.05) is 6.07 Å². The van der Waals surface area contributed by atoms with Gasteiger partial charge in [-0.1, -0.05) is 35.5 Å². The Morgan fingerprint density at radius 3 is 2.69 bits per heavy atom. The van der Waals surface area contributed by atoms with E-state index in [0.717, 1.165) is 4.68 Å². The number of para-hydroxylation sites is 2. The number of hydrogen-bond acceptors (Lipinski definition) is 5. The minimum Gasteiger partial charge on any atom is -0.455 e. The van der Waals surface area contributed by atoms with Crippen molar-refractivity contribution in [2.75, 3.05) is 5.32 Å². The fourth-order valence-electron chi connectivity index (χ4n) is 2.77. The van der Waals surface area contributed by atoms with Crippen LogP contribution in [0, 0.1) is 5.82 Å². The first-order valence-corrected chi connectivity index (χ1v) is 8.75. The maximum Gasteiger partial charge on any atom is 0.278 e. The third kappa shape index (κ3) is 4.11. The Bertz CT molecular complexity index is 1260. The van der Waals surface area contributed by atoms with E-state index < -0.39 is 17.3 Å². The lowest BCUT2D eigenvalue weighted by molar-refractivity contribution is -0.117. The van der Waals surface area contributed by atoms with Crippen LogP contribution in [-0.4, -0.2) is 20.9 Å². The monoisotopic (exact) mass is 390 g/mol. The van der Waals surface area contributed by atoms with Gasteiger partial charge in [0.05, 0.1) is 11.1 Å². The molecule has 29 heavy (non-hydrogen) atoms. The number of hydrogen-bond donors (Lipinski definition) is 1. The average molecular weight is 390 g/mol. The molecule has 144 valence electrons. The molecule has 0 saturated heterocycles. The number of halogens is 1. The molecule has 0 unspecified atom stereocenters. The molecule has 0 bridgehead atoms. The van der Waals surface area contributed by atoms with Crippen molar-refractivity contribution in [2.45, 2.75) is 6.54 Å². The van der Waals surface area contributed by atoms with Gasteiger partial charge in [-0.05, 0) is 36.4 Å². The summed E-state index contributed by atoms with van der Waals surface area (Å²) in [6, 6.07) is 19.2. The van der Waals surface area contributed by atoms with E-state index in [9.17, 15) is 14.0 Å². The van der Waals surface area contributed by atoms with Gasteiger partial charge in [-0.15, -0.1) is 5.10 Å². The van der Waals surface area contributed by atoms with Crippen LogP contribution >= 0.6 is 0 Å². The van der Waals surface area contributed by atoms with Crippen molar-refractivity contribution in [2.24, 2.45) is 0 Å². The molecule has 7 nitrogen and oxygen atoms in total. The minimum atomic E-state index is -0.480. The van der Waals surface area contributed by atoms with E-state index in [2.05, 4.69) is 15.6 Å². The van der Waals surface area contributed by atoms with Gasteiger partial charge in [0.2, 0.25) is 5.91 Å². The number of ether oxygens (including phenoxy) is 1. The van der Waals surface area contributed by atoms with E-state index in [-0.39, 0.29) is 6.54 Å². The molecule has 0 atom stereocenters. The Kier molecular flexibility index (Phi) is 4.98. The van der Waals surface area contributed by atoms with Crippen molar-refractivity contribution >= 4 is 22.5 Å². The highest BCUT2D eigenvalue weighted by molar-refractivity contribution is 5.92. The van der Waals surface area contributed by atoms with Gasteiger partial charge in [0.1, 0.15) is 23.6 Å². The lowest BCUT2D eigenvalue weighted by atomic mass is 10.2. The zero-order valence-corrected chi connectivity index (χ0v) is 15.1. The first-order chi connectivity index (χ1) is 14.1. The summed E-state index contributed by atoms with van der Waals surface area (Å²) in [5, 5.41) is 10.8. The predicted molar refractivity (Wildman–Crippen MR) is 105 cm³/mol. The van der Waals surface area contributed by atoms with Crippen molar-refractivity contribution in [3.63, 3.8) is 0 Å². The van der Waals surface area contributed by atoms with Gasteiger partial charge in [-0.25, -0.2) is 9.07 Å². The number of aromatic nitrogens is 3. The summed E-state index contributed by atoms with van der Waals surface area (Å²) >= 11 is 0. The molecule has 0 aliphatic heterocycles. The third-order valence-electron chi connectivity index (χ3n) is 4.11. The van der Waals surface area contributed by atoms with Crippen molar-refractivity contribution in [1.82, 2.24) is 15.0 Å². The second-order valence-corrected chi connectivity index (χ2v) is 6.17. The van der Waals surface area contributed by atoms with Crippen LogP contribution in [0.5, 0.6) is 11.5 Å². The molecule has 0 aliphatic rings. The summed E-state index contributed by atoms with van der Waals surface area (Å²) in [4.78, 5) is 25.0. The molecule has 1 amide bonds. The van der Waals surface area contributed by atoms with Crippen molar-refractivity contribution < 1.29 is 13.9 Å². The lowest BCUT2D eigenvalue weighted by Crippen LogP contribution is -2.30. The first-order valence-electron chi connectivity index (χ1n) is 8.75. The topological polar surface area (TPSA) is 86.1 Å². The number of rotatable bonds is 5. The number of carbonyl (C=O) groups excluding carboxylic acids is 1. The van der Waals surface area contributed by atoms with Crippen LogP contribution in [-0.2, 0) is 11.3 Å². The molecule has 0 saturated carbocycles. The highest BCUT2D eigenvalue weighted by atomic mass is 19.1. The van der Waals surface area contributed by atoms with Crippen LogP contribution in [0.3, 0.4) is 0 Å². The zero-order valence-electron chi connectivity index (χ0n) is 15.1. The number of nitrogens with zero attached hydrogens (tertiary/aromatic N) is 3. The lowest BCUT2D eigenvalue weighted by Gasteiger charge is -2.12. The number of fused-ring (bicyclic) bond motifs is 1. The fraction of sp³-hybridized carbons (Fsp3) is 0.0476. The van der Waals surface area contributed by atoms with E-state index in [1.807, 2.05) is 0 Å². The van der Waals surface area contributed by atoms with Gasteiger partial charge in [0.15, 0.2) is 5.75 Å². The highest BCUT2D eigenvalue weighted by Crippen LogP contribution is 2.29. The van der Waals surface area contributed by atoms with Gasteiger partial charge < -0.3 is 10.1 Å². The Morgan fingerprint density at radius 1 is 1.03 bits per heavy atom. The molecule has 0 spiro atoms. The molecular formula is C21H15FN4O3. The number of carbonyl (C=O) groups is 1. The minimum absolute atomic E-state index is 0.295. The van der Waals surface area contributed by atoms with Crippen molar-refractivity contribution in [1.29, 1.82) is 0 Å². The van der Waals surface area contributed by atoms with E-state index in [1.165, 1.54) is 18.2 Å². The van der Waals surface area contributed by atoms with Crippen LogP contribution in [0.2, 0.25) is 0 Å². The summed E-state index contributed by atoms with van der Waals surface area (Å²) in [5.74, 6) is -0.281. The number of anilines is 1. The second kappa shape index (κ2) is 7.89. The van der Waals surface area contributed by atoms with E-state index in [4.69, 9.17) is 4.74 Å². The summed E-state index contributed by atoms with van der Waals surface area (Å²) in [6.45, 7) is -0.315. The van der Waals surface area contributed by atoms with Crippen molar-refractivity contribution in [3.8, 4) is 11.5 Å². The maximum absolute atomic E-state index is 13.4. The SMILES string of the molecule is O=C(Cn1nnc2ccccc2c1=O)Nc1ccccc1Oc1cccc(F)c1. The van der Waals surface area contributed by atoms with E-state index >= 15 is 0 Å². The predicted octanol–water partition coefficient (Wildman–Crippen LogP) is 3.36. The molecule has 0 fully saturated rings. The molecule has 1 aromatic heterocycles. The van der Waals surface area contributed by atoms with Crippen LogP contribution in [0.25, 0.3) is 10.9 Å². The molecule has 3 aromatic carbocycles. The molecule has 4 rings (SSSR count). The Morgan fingerprint density at radius 2 is 1.83 bits per heavy atom.